The number of hydrogen-bond donors (Lipinski definition) is 6. The zero-order chi connectivity index (χ0) is 30.2. The first-order chi connectivity index (χ1) is 19.0. The number of carboxylic acids is 4. The summed E-state index contributed by atoms with van der Waals surface area (Å²) < 4.78 is 0. The Hall–Kier alpha value is -2.16. The number of nitrogens with one attached hydrogen (secondary N) is 2. The van der Waals surface area contributed by atoms with Crippen LogP contribution in [0.25, 0.3) is 0 Å². The van der Waals surface area contributed by atoms with E-state index in [9.17, 15) is 28.8 Å². The van der Waals surface area contributed by atoms with Crippen molar-refractivity contribution in [1.29, 1.82) is 0 Å². The summed E-state index contributed by atoms with van der Waals surface area (Å²) in [6.07, 6.45) is 3.79. The molecule has 14 heteroatoms. The van der Waals surface area contributed by atoms with Gasteiger partial charge in [-0.1, -0.05) is 21.6 Å². The highest BCUT2D eigenvalue weighted by Crippen LogP contribution is 2.20. The van der Waals surface area contributed by atoms with Crippen molar-refractivity contribution in [3.05, 3.63) is 0 Å². The largest absolute Gasteiger partial charge is 0.481 e. The van der Waals surface area contributed by atoms with Crippen molar-refractivity contribution < 1.29 is 49.2 Å². The molecule has 0 aliphatic rings. The van der Waals surface area contributed by atoms with Crippen LogP contribution in [-0.4, -0.2) is 92.5 Å². The van der Waals surface area contributed by atoms with Crippen LogP contribution in [-0.2, 0) is 28.8 Å². The van der Waals surface area contributed by atoms with Crippen molar-refractivity contribution in [2.24, 2.45) is 0 Å². The van der Waals surface area contributed by atoms with E-state index in [0.717, 1.165) is 0 Å². The highest BCUT2D eigenvalue weighted by molar-refractivity contribution is 8.76. The maximum atomic E-state index is 12.5. The minimum absolute atomic E-state index is 0.0111. The van der Waals surface area contributed by atoms with E-state index in [1.54, 1.807) is 21.6 Å². The smallest absolute Gasteiger partial charge is 0.303 e. The van der Waals surface area contributed by atoms with E-state index < -0.39 is 36.0 Å². The quantitative estimate of drug-likeness (QED) is 0.0532. The minimum atomic E-state index is -0.919. The van der Waals surface area contributed by atoms with E-state index in [4.69, 9.17) is 20.4 Å². The first-order valence-electron chi connectivity index (χ1n) is 13.7. The molecule has 0 spiro atoms. The van der Waals surface area contributed by atoms with E-state index in [1.807, 2.05) is 0 Å². The van der Waals surface area contributed by atoms with Gasteiger partial charge in [0.2, 0.25) is 0 Å². The first-order valence-corrected chi connectivity index (χ1v) is 16.2. The average Bonchev–Trinajstić information content (AvgIpc) is 2.87. The summed E-state index contributed by atoms with van der Waals surface area (Å²) in [5.41, 5.74) is 0. The standard InChI is InChI=1S/C26H44N2O10S2/c29-21(9-1-3-11-23(31)32)19(7-5-13-25(35)36)27-15-17-39-40-18-16-28-20(8-6-14-26(37)38)22(30)10-2-4-12-24(33)34/h19-20,27-28H,1-18H2,(H,31,32)(H,33,34)(H,35,36)(H,37,38). The first kappa shape index (κ1) is 37.8. The molecule has 0 radical (unpaired) electrons. The molecule has 230 valence electrons. The fraction of sp³-hybridized carbons (Fsp3) is 0.769. The Balaban J connectivity index is 4.38. The van der Waals surface area contributed by atoms with Gasteiger partial charge in [0, 0.05) is 63.1 Å². The molecular weight excluding hydrogens is 564 g/mol. The van der Waals surface area contributed by atoms with Crippen LogP contribution in [0.4, 0.5) is 0 Å². The molecule has 0 amide bonds. The van der Waals surface area contributed by atoms with E-state index in [0.29, 0.717) is 76.0 Å². The lowest BCUT2D eigenvalue weighted by Crippen LogP contribution is -2.38. The minimum Gasteiger partial charge on any atom is -0.481 e. The molecule has 0 aliphatic carbocycles. The van der Waals surface area contributed by atoms with Gasteiger partial charge in [-0.15, -0.1) is 0 Å². The van der Waals surface area contributed by atoms with E-state index in [-0.39, 0.29) is 50.1 Å². The zero-order valence-electron chi connectivity index (χ0n) is 22.9. The van der Waals surface area contributed by atoms with Crippen LogP contribution in [0.2, 0.25) is 0 Å². The second-order valence-electron chi connectivity index (χ2n) is 9.36. The second kappa shape index (κ2) is 24.6. The number of carbonyl (C=O) groups is 6. The molecule has 12 nitrogen and oxygen atoms in total. The predicted octanol–water partition coefficient (Wildman–Crippen LogP) is 3.22. The third kappa shape index (κ3) is 23.7. The summed E-state index contributed by atoms with van der Waals surface area (Å²) in [7, 11) is 3.17. The van der Waals surface area contributed by atoms with Crippen LogP contribution in [0.1, 0.15) is 89.9 Å². The molecule has 0 aromatic rings. The number of ketones is 2. The number of rotatable bonds is 29. The molecule has 40 heavy (non-hydrogen) atoms. The van der Waals surface area contributed by atoms with Crippen LogP contribution in [0.15, 0.2) is 0 Å². The second-order valence-corrected chi connectivity index (χ2v) is 12.1. The highest BCUT2D eigenvalue weighted by atomic mass is 33.1. The SMILES string of the molecule is O=C(O)CCCCC(=O)C(CCCC(=O)O)NCCSSCCNC(CCCC(=O)O)C(=O)CCCCC(=O)O. The van der Waals surface area contributed by atoms with E-state index in [1.165, 1.54) is 0 Å². The van der Waals surface area contributed by atoms with Crippen LogP contribution in [0, 0.1) is 0 Å². The molecule has 0 saturated heterocycles. The Morgan fingerprint density at radius 3 is 1.10 bits per heavy atom. The van der Waals surface area contributed by atoms with Gasteiger partial charge >= 0.3 is 23.9 Å². The Morgan fingerprint density at radius 2 is 0.775 bits per heavy atom. The summed E-state index contributed by atoms with van der Waals surface area (Å²) in [6.45, 7) is 1.08. The van der Waals surface area contributed by atoms with Crippen molar-refractivity contribution in [3.8, 4) is 0 Å². The molecule has 0 bridgehead atoms. The van der Waals surface area contributed by atoms with Gasteiger partial charge in [0.05, 0.1) is 12.1 Å². The molecule has 0 fully saturated rings. The summed E-state index contributed by atoms with van der Waals surface area (Å²) >= 11 is 0. The maximum Gasteiger partial charge on any atom is 0.303 e. The highest BCUT2D eigenvalue weighted by Gasteiger charge is 2.19. The average molecular weight is 609 g/mol. The third-order valence-electron chi connectivity index (χ3n) is 5.91. The molecule has 0 heterocycles. The molecule has 2 atom stereocenters. The van der Waals surface area contributed by atoms with Gasteiger partial charge < -0.3 is 31.1 Å². The Morgan fingerprint density at radius 1 is 0.475 bits per heavy atom. The molecule has 0 rings (SSSR count). The number of carboxylic acid groups (broad SMARTS) is 4. The summed E-state index contributed by atoms with van der Waals surface area (Å²) in [5.74, 6) is -2.34. The van der Waals surface area contributed by atoms with Crippen molar-refractivity contribution in [1.82, 2.24) is 10.6 Å². The van der Waals surface area contributed by atoms with Crippen LogP contribution >= 0.6 is 21.6 Å². The number of Topliss-reactive ketones (excluding diaryl/α,β-unsaturated/α-hetero) is 2. The van der Waals surface area contributed by atoms with Crippen molar-refractivity contribution in [3.63, 3.8) is 0 Å². The molecule has 0 aromatic carbocycles. The molecule has 2 unspecified atom stereocenters. The molecule has 0 aliphatic heterocycles. The predicted molar refractivity (Wildman–Crippen MR) is 154 cm³/mol. The normalized spacial score (nSPS) is 12.5. The van der Waals surface area contributed by atoms with Gasteiger partial charge in [-0.05, 0) is 51.4 Å². The fourth-order valence-electron chi connectivity index (χ4n) is 3.84. The van der Waals surface area contributed by atoms with Gasteiger partial charge in [0.1, 0.15) is 11.6 Å². The summed E-state index contributed by atoms with van der Waals surface area (Å²) in [4.78, 5) is 68.0. The lowest BCUT2D eigenvalue weighted by molar-refractivity contribution is -0.138. The van der Waals surface area contributed by atoms with Crippen LogP contribution < -0.4 is 10.6 Å². The van der Waals surface area contributed by atoms with Crippen molar-refractivity contribution >= 4 is 57.0 Å². The Labute approximate surface area is 243 Å². The topological polar surface area (TPSA) is 207 Å². The summed E-state index contributed by atoms with van der Waals surface area (Å²) in [5, 5.41) is 41.6. The lowest BCUT2D eigenvalue weighted by atomic mass is 10.0. The van der Waals surface area contributed by atoms with Gasteiger partial charge in [-0.25, -0.2) is 0 Å². The van der Waals surface area contributed by atoms with Crippen LogP contribution in [0.3, 0.4) is 0 Å². The lowest BCUT2D eigenvalue weighted by Gasteiger charge is -2.18. The van der Waals surface area contributed by atoms with Crippen molar-refractivity contribution in [2.45, 2.75) is 102 Å². The molecule has 0 aromatic heterocycles. The fourth-order valence-corrected chi connectivity index (χ4v) is 5.68. The Kier molecular flexibility index (Phi) is 23.3. The van der Waals surface area contributed by atoms with Crippen LogP contribution in [0.5, 0.6) is 0 Å². The monoisotopic (exact) mass is 608 g/mol. The van der Waals surface area contributed by atoms with Gasteiger partial charge in [-0.3, -0.25) is 28.8 Å². The number of unbranched alkanes of at least 4 members (excludes halogenated alkanes) is 2. The zero-order valence-corrected chi connectivity index (χ0v) is 24.6. The maximum absolute atomic E-state index is 12.5. The van der Waals surface area contributed by atoms with Crippen molar-refractivity contribution in [2.75, 3.05) is 24.6 Å². The van der Waals surface area contributed by atoms with Gasteiger partial charge in [0.25, 0.3) is 0 Å². The molecule has 6 N–H and O–H groups in total. The van der Waals surface area contributed by atoms with Gasteiger partial charge in [-0.2, -0.15) is 0 Å². The number of aliphatic carboxylic acids is 4. The van der Waals surface area contributed by atoms with E-state index in [2.05, 4.69) is 10.6 Å². The molecule has 0 saturated carbocycles. The number of hydrogen-bond acceptors (Lipinski definition) is 10. The summed E-state index contributed by atoms with van der Waals surface area (Å²) in [6, 6.07) is -0.936. The van der Waals surface area contributed by atoms with E-state index >= 15 is 0 Å². The van der Waals surface area contributed by atoms with Gasteiger partial charge in [0.15, 0.2) is 0 Å². The molecular formula is C26H44N2O10S2. The Bertz CT molecular complexity index is 733. The number of carbonyl (C=O) groups excluding carboxylic acids is 2. The third-order valence-corrected chi connectivity index (χ3v) is 8.32.